The molecule has 2 atom stereocenters. The van der Waals surface area contributed by atoms with Gasteiger partial charge in [0.2, 0.25) is 17.7 Å². The van der Waals surface area contributed by atoms with E-state index in [0.29, 0.717) is 13.0 Å². The third-order valence-electron chi connectivity index (χ3n) is 2.73. The van der Waals surface area contributed by atoms with Crippen molar-refractivity contribution in [3.8, 4) is 0 Å². The lowest BCUT2D eigenvalue weighted by Crippen LogP contribution is -2.59. The number of imide groups is 1. The monoisotopic (exact) mass is 227 g/mol. The first kappa shape index (κ1) is 12.6. The van der Waals surface area contributed by atoms with Gasteiger partial charge in [-0.05, 0) is 19.9 Å². The number of carbonyl (C=O) groups is 3. The van der Waals surface area contributed by atoms with Gasteiger partial charge in [0.05, 0.1) is 0 Å². The van der Waals surface area contributed by atoms with E-state index in [0.717, 1.165) is 0 Å². The number of amides is 3. The van der Waals surface area contributed by atoms with E-state index in [9.17, 15) is 14.4 Å². The van der Waals surface area contributed by atoms with Gasteiger partial charge < -0.3 is 10.6 Å². The molecule has 6 heteroatoms. The molecule has 0 radical (unpaired) electrons. The second kappa shape index (κ2) is 5.07. The summed E-state index contributed by atoms with van der Waals surface area (Å²) in [6.45, 7) is 3.71. The van der Waals surface area contributed by atoms with Gasteiger partial charge in [-0.25, -0.2) is 0 Å². The molecule has 90 valence electrons. The average molecular weight is 227 g/mol. The van der Waals surface area contributed by atoms with Crippen molar-refractivity contribution < 1.29 is 14.4 Å². The first-order valence-corrected chi connectivity index (χ1v) is 5.31. The predicted octanol–water partition coefficient (Wildman–Crippen LogP) is -1.16. The maximum absolute atomic E-state index is 11.9. The Bertz CT molecular complexity index is 316. The molecule has 0 saturated carbocycles. The fourth-order valence-electron chi connectivity index (χ4n) is 1.64. The third kappa shape index (κ3) is 2.57. The molecule has 16 heavy (non-hydrogen) atoms. The molecule has 0 aromatic rings. The molecule has 0 aromatic heterocycles. The number of rotatable bonds is 3. The van der Waals surface area contributed by atoms with Crippen molar-refractivity contribution in [2.75, 3.05) is 13.1 Å². The van der Waals surface area contributed by atoms with Crippen LogP contribution in [0.4, 0.5) is 0 Å². The highest BCUT2D eigenvalue weighted by atomic mass is 16.2. The van der Waals surface area contributed by atoms with Gasteiger partial charge in [-0.15, -0.1) is 0 Å². The molecular formula is C10H17N3O3. The molecule has 1 aliphatic rings. The Labute approximate surface area is 94.2 Å². The van der Waals surface area contributed by atoms with Gasteiger partial charge in [-0.3, -0.25) is 19.7 Å². The standard InChI is InChI=1S/C10H17N3O3/c1-6(3-4-11)10(16)13-5-8(14)12-9(15)7(13)2/h6-7H,3-5,11H2,1-2H3,(H,12,14,15). The summed E-state index contributed by atoms with van der Waals surface area (Å²) in [5, 5.41) is 2.19. The first-order valence-electron chi connectivity index (χ1n) is 5.31. The van der Waals surface area contributed by atoms with E-state index in [1.54, 1.807) is 13.8 Å². The number of nitrogens with one attached hydrogen (secondary N) is 1. The summed E-state index contributed by atoms with van der Waals surface area (Å²) in [6, 6.07) is -0.592. The molecule has 1 rings (SSSR count). The summed E-state index contributed by atoms with van der Waals surface area (Å²) in [5.41, 5.74) is 5.37. The molecular weight excluding hydrogens is 210 g/mol. The third-order valence-corrected chi connectivity index (χ3v) is 2.73. The topological polar surface area (TPSA) is 92.5 Å². The quantitative estimate of drug-likeness (QED) is 0.595. The normalized spacial score (nSPS) is 22.9. The molecule has 0 aromatic carbocycles. The van der Waals surface area contributed by atoms with Crippen LogP contribution in [0, 0.1) is 5.92 Å². The van der Waals surface area contributed by atoms with Gasteiger partial charge in [0, 0.05) is 5.92 Å². The SMILES string of the molecule is CC(CCN)C(=O)N1CC(=O)NC(=O)C1C. The molecule has 1 aliphatic heterocycles. The Kier molecular flexibility index (Phi) is 4.00. The largest absolute Gasteiger partial charge is 0.330 e. The van der Waals surface area contributed by atoms with Crippen LogP contribution in [0.2, 0.25) is 0 Å². The van der Waals surface area contributed by atoms with E-state index in [2.05, 4.69) is 5.32 Å². The summed E-state index contributed by atoms with van der Waals surface area (Å²) in [5.74, 6) is -1.31. The highest BCUT2D eigenvalue weighted by Crippen LogP contribution is 2.12. The van der Waals surface area contributed by atoms with E-state index in [4.69, 9.17) is 5.73 Å². The minimum atomic E-state index is -0.592. The number of carbonyl (C=O) groups excluding carboxylic acids is 3. The van der Waals surface area contributed by atoms with Gasteiger partial charge in [0.15, 0.2) is 0 Å². The molecule has 2 unspecified atom stereocenters. The van der Waals surface area contributed by atoms with Crippen molar-refractivity contribution in [1.29, 1.82) is 0 Å². The van der Waals surface area contributed by atoms with Crippen LogP contribution in [0.3, 0.4) is 0 Å². The second-order valence-corrected chi connectivity index (χ2v) is 4.03. The molecule has 0 aliphatic carbocycles. The molecule has 1 fully saturated rings. The van der Waals surface area contributed by atoms with Crippen LogP contribution in [0.25, 0.3) is 0 Å². The van der Waals surface area contributed by atoms with Gasteiger partial charge in [-0.2, -0.15) is 0 Å². The molecule has 0 spiro atoms. The van der Waals surface area contributed by atoms with E-state index in [-0.39, 0.29) is 18.4 Å². The second-order valence-electron chi connectivity index (χ2n) is 4.03. The molecule has 3 amide bonds. The fraction of sp³-hybridized carbons (Fsp3) is 0.700. The number of piperazine rings is 1. The van der Waals surface area contributed by atoms with Crippen LogP contribution >= 0.6 is 0 Å². The van der Waals surface area contributed by atoms with E-state index in [1.165, 1.54) is 4.90 Å². The zero-order chi connectivity index (χ0) is 12.3. The number of nitrogens with zero attached hydrogens (tertiary/aromatic N) is 1. The first-order chi connectivity index (χ1) is 7.47. The summed E-state index contributed by atoms with van der Waals surface area (Å²) < 4.78 is 0. The Balaban J connectivity index is 2.73. The predicted molar refractivity (Wildman–Crippen MR) is 57.2 cm³/mol. The number of hydrogen-bond donors (Lipinski definition) is 2. The average Bonchev–Trinajstić information content (AvgIpc) is 2.22. The van der Waals surface area contributed by atoms with E-state index in [1.807, 2.05) is 0 Å². The van der Waals surface area contributed by atoms with Crippen LogP contribution in [0.15, 0.2) is 0 Å². The Morgan fingerprint density at radius 2 is 2.25 bits per heavy atom. The summed E-state index contributed by atoms with van der Waals surface area (Å²) in [6.07, 6.45) is 0.553. The van der Waals surface area contributed by atoms with Crippen LogP contribution in [0.5, 0.6) is 0 Å². The highest BCUT2D eigenvalue weighted by Gasteiger charge is 2.34. The molecule has 1 heterocycles. The molecule has 3 N–H and O–H groups in total. The highest BCUT2D eigenvalue weighted by molar-refractivity contribution is 6.04. The lowest BCUT2D eigenvalue weighted by atomic mass is 10.0. The number of hydrogen-bond acceptors (Lipinski definition) is 4. The summed E-state index contributed by atoms with van der Waals surface area (Å²) in [7, 11) is 0. The number of nitrogens with two attached hydrogens (primary N) is 1. The van der Waals surface area contributed by atoms with Crippen molar-refractivity contribution >= 4 is 17.7 Å². The zero-order valence-electron chi connectivity index (χ0n) is 9.53. The Hall–Kier alpha value is -1.43. The lowest BCUT2D eigenvalue weighted by Gasteiger charge is -2.33. The van der Waals surface area contributed by atoms with Crippen molar-refractivity contribution in [2.45, 2.75) is 26.3 Å². The van der Waals surface area contributed by atoms with Crippen LogP contribution in [-0.2, 0) is 14.4 Å². The lowest BCUT2D eigenvalue weighted by molar-refractivity contribution is -0.151. The molecule has 1 saturated heterocycles. The maximum Gasteiger partial charge on any atom is 0.249 e. The van der Waals surface area contributed by atoms with Crippen molar-refractivity contribution in [1.82, 2.24) is 10.2 Å². The van der Waals surface area contributed by atoms with Crippen LogP contribution < -0.4 is 11.1 Å². The Morgan fingerprint density at radius 1 is 1.62 bits per heavy atom. The molecule has 0 bridgehead atoms. The summed E-state index contributed by atoms with van der Waals surface area (Å²) in [4.78, 5) is 35.7. The van der Waals surface area contributed by atoms with Crippen LogP contribution in [-0.4, -0.2) is 41.8 Å². The van der Waals surface area contributed by atoms with E-state index < -0.39 is 17.9 Å². The zero-order valence-corrected chi connectivity index (χ0v) is 9.53. The minimum Gasteiger partial charge on any atom is -0.330 e. The summed E-state index contributed by atoms with van der Waals surface area (Å²) >= 11 is 0. The van der Waals surface area contributed by atoms with Gasteiger partial charge in [0.25, 0.3) is 0 Å². The van der Waals surface area contributed by atoms with Gasteiger partial charge in [0.1, 0.15) is 12.6 Å². The fourth-order valence-corrected chi connectivity index (χ4v) is 1.64. The molecule has 6 nitrogen and oxygen atoms in total. The van der Waals surface area contributed by atoms with Crippen molar-refractivity contribution in [3.63, 3.8) is 0 Å². The van der Waals surface area contributed by atoms with Crippen LogP contribution in [0.1, 0.15) is 20.3 Å². The van der Waals surface area contributed by atoms with Gasteiger partial charge >= 0.3 is 0 Å². The smallest absolute Gasteiger partial charge is 0.249 e. The van der Waals surface area contributed by atoms with E-state index >= 15 is 0 Å². The Morgan fingerprint density at radius 3 is 2.81 bits per heavy atom. The maximum atomic E-state index is 11.9. The van der Waals surface area contributed by atoms with Crippen molar-refractivity contribution in [3.05, 3.63) is 0 Å². The minimum absolute atomic E-state index is 0.0549. The van der Waals surface area contributed by atoms with Crippen molar-refractivity contribution in [2.24, 2.45) is 11.7 Å². The van der Waals surface area contributed by atoms with Gasteiger partial charge in [-0.1, -0.05) is 6.92 Å².